The maximum Gasteiger partial charge on any atom is 0.185 e. The zero-order chi connectivity index (χ0) is 14.6. The van der Waals surface area contributed by atoms with Crippen LogP contribution in [0.4, 0.5) is 5.13 Å². The van der Waals surface area contributed by atoms with E-state index in [9.17, 15) is 0 Å². The van der Waals surface area contributed by atoms with Crippen LogP contribution in [0.25, 0.3) is 0 Å². The Morgan fingerprint density at radius 3 is 2.42 bits per heavy atom. The maximum atomic E-state index is 4.80. The number of hydrogen-bond acceptors (Lipinski definition) is 4. The third kappa shape index (κ3) is 4.77. The minimum atomic E-state index is 0.151. The molecular formula is C15H29N3S. The van der Waals surface area contributed by atoms with Crippen molar-refractivity contribution >= 4 is 16.5 Å². The van der Waals surface area contributed by atoms with Gasteiger partial charge < -0.3 is 10.2 Å². The highest BCUT2D eigenvalue weighted by Gasteiger charge is 2.17. The highest BCUT2D eigenvalue weighted by atomic mass is 32.1. The van der Waals surface area contributed by atoms with E-state index in [0.29, 0.717) is 6.04 Å². The van der Waals surface area contributed by atoms with Crippen LogP contribution in [0.5, 0.6) is 0 Å². The van der Waals surface area contributed by atoms with Crippen LogP contribution in [0.1, 0.15) is 58.5 Å². The van der Waals surface area contributed by atoms with E-state index >= 15 is 0 Å². The third-order valence-corrected chi connectivity index (χ3v) is 4.62. The van der Waals surface area contributed by atoms with Crippen molar-refractivity contribution in [1.29, 1.82) is 0 Å². The minimum absolute atomic E-state index is 0.151. The normalized spacial score (nSPS) is 13.6. The van der Waals surface area contributed by atoms with Crippen molar-refractivity contribution in [2.24, 2.45) is 0 Å². The van der Waals surface area contributed by atoms with Crippen LogP contribution < -0.4 is 10.2 Å². The van der Waals surface area contributed by atoms with Crippen LogP contribution >= 0.6 is 11.3 Å². The van der Waals surface area contributed by atoms with Gasteiger partial charge in [0.15, 0.2) is 5.13 Å². The van der Waals surface area contributed by atoms with Crippen molar-refractivity contribution in [3.05, 3.63) is 10.6 Å². The predicted molar refractivity (Wildman–Crippen MR) is 86.2 cm³/mol. The van der Waals surface area contributed by atoms with Crippen LogP contribution in [0, 0.1) is 0 Å². The van der Waals surface area contributed by atoms with Crippen LogP contribution in [-0.4, -0.2) is 23.6 Å². The van der Waals surface area contributed by atoms with E-state index in [4.69, 9.17) is 4.98 Å². The molecule has 0 saturated carbocycles. The largest absolute Gasteiger partial charge is 0.348 e. The molecule has 0 radical (unpaired) electrons. The van der Waals surface area contributed by atoms with E-state index in [1.807, 2.05) is 11.3 Å². The highest BCUT2D eigenvalue weighted by Crippen LogP contribution is 2.28. The van der Waals surface area contributed by atoms with Gasteiger partial charge in [0.05, 0.1) is 5.69 Å². The molecule has 0 bridgehead atoms. The SMILES string of the molecule is CCc1nc(N(C)C(C)CC)sc1CNC(C)(C)C. The summed E-state index contributed by atoms with van der Waals surface area (Å²) >= 11 is 1.83. The first kappa shape index (κ1) is 16.4. The van der Waals surface area contributed by atoms with Crippen molar-refractivity contribution in [3.63, 3.8) is 0 Å². The number of nitrogens with one attached hydrogen (secondary N) is 1. The van der Waals surface area contributed by atoms with Gasteiger partial charge in [0.2, 0.25) is 0 Å². The number of hydrogen-bond donors (Lipinski definition) is 1. The Hall–Kier alpha value is -0.610. The number of aromatic nitrogens is 1. The van der Waals surface area contributed by atoms with E-state index in [-0.39, 0.29) is 5.54 Å². The molecular weight excluding hydrogens is 254 g/mol. The lowest BCUT2D eigenvalue weighted by atomic mass is 10.1. The van der Waals surface area contributed by atoms with Crippen molar-refractivity contribution in [2.75, 3.05) is 11.9 Å². The van der Waals surface area contributed by atoms with Crippen molar-refractivity contribution in [1.82, 2.24) is 10.3 Å². The molecule has 1 aromatic rings. The van der Waals surface area contributed by atoms with Gasteiger partial charge in [-0.25, -0.2) is 4.98 Å². The first-order chi connectivity index (χ1) is 8.78. The molecule has 4 heteroatoms. The first-order valence-corrected chi connectivity index (χ1v) is 8.06. The Balaban J connectivity index is 2.85. The fraction of sp³-hybridized carbons (Fsp3) is 0.800. The third-order valence-electron chi connectivity index (χ3n) is 3.43. The summed E-state index contributed by atoms with van der Waals surface area (Å²) in [5.74, 6) is 0. The summed E-state index contributed by atoms with van der Waals surface area (Å²) in [5, 5.41) is 4.71. The number of nitrogens with zero attached hydrogens (tertiary/aromatic N) is 2. The smallest absolute Gasteiger partial charge is 0.185 e. The van der Waals surface area contributed by atoms with Gasteiger partial charge in [-0.05, 0) is 40.5 Å². The molecule has 0 saturated heterocycles. The van der Waals surface area contributed by atoms with E-state index in [1.165, 1.54) is 10.6 Å². The molecule has 1 heterocycles. The second-order valence-corrected chi connectivity index (χ2v) is 7.25. The van der Waals surface area contributed by atoms with E-state index in [1.54, 1.807) is 0 Å². The van der Waals surface area contributed by atoms with Crippen LogP contribution in [0.3, 0.4) is 0 Å². The second-order valence-electron chi connectivity index (χ2n) is 6.19. The monoisotopic (exact) mass is 283 g/mol. The highest BCUT2D eigenvalue weighted by molar-refractivity contribution is 7.15. The summed E-state index contributed by atoms with van der Waals surface area (Å²) in [6.07, 6.45) is 2.15. The Bertz CT molecular complexity index is 393. The van der Waals surface area contributed by atoms with Crippen LogP contribution in [-0.2, 0) is 13.0 Å². The number of rotatable bonds is 6. The minimum Gasteiger partial charge on any atom is -0.348 e. The Morgan fingerprint density at radius 2 is 1.95 bits per heavy atom. The van der Waals surface area contributed by atoms with Crippen molar-refractivity contribution in [3.8, 4) is 0 Å². The van der Waals surface area contributed by atoms with Crippen LogP contribution in [0.15, 0.2) is 0 Å². The van der Waals surface area contributed by atoms with E-state index in [2.05, 4.69) is 58.8 Å². The molecule has 0 aliphatic heterocycles. The zero-order valence-corrected chi connectivity index (χ0v) is 14.3. The average molecular weight is 283 g/mol. The van der Waals surface area contributed by atoms with Gasteiger partial charge in [0.1, 0.15) is 0 Å². The molecule has 1 atom stereocenters. The standard InChI is InChI=1S/C15H29N3S/c1-8-11(3)18(7)14-17-12(9-2)13(19-14)10-16-15(4,5)6/h11,16H,8-10H2,1-7H3. The van der Waals surface area contributed by atoms with E-state index < -0.39 is 0 Å². The summed E-state index contributed by atoms with van der Waals surface area (Å²) in [5.41, 5.74) is 1.39. The van der Waals surface area contributed by atoms with E-state index in [0.717, 1.165) is 24.5 Å². The fourth-order valence-corrected chi connectivity index (χ4v) is 2.90. The van der Waals surface area contributed by atoms with Crippen molar-refractivity contribution in [2.45, 2.75) is 72.5 Å². The summed E-state index contributed by atoms with van der Waals surface area (Å²) in [6.45, 7) is 14.2. The molecule has 0 amide bonds. The Morgan fingerprint density at radius 1 is 1.32 bits per heavy atom. The first-order valence-electron chi connectivity index (χ1n) is 7.24. The van der Waals surface area contributed by atoms with Gasteiger partial charge >= 0.3 is 0 Å². The van der Waals surface area contributed by atoms with Crippen LogP contribution in [0.2, 0.25) is 0 Å². The summed E-state index contributed by atoms with van der Waals surface area (Å²) in [6, 6.07) is 0.541. The fourth-order valence-electron chi connectivity index (χ4n) is 1.74. The molecule has 0 aliphatic rings. The Labute approximate surface area is 122 Å². The lowest BCUT2D eigenvalue weighted by Crippen LogP contribution is -2.35. The molecule has 0 aliphatic carbocycles. The molecule has 1 unspecified atom stereocenters. The topological polar surface area (TPSA) is 28.2 Å². The molecule has 0 spiro atoms. The lowest BCUT2D eigenvalue weighted by molar-refractivity contribution is 0.425. The molecule has 1 rings (SSSR count). The number of aryl methyl sites for hydroxylation is 1. The van der Waals surface area contributed by atoms with Gasteiger partial charge in [-0.3, -0.25) is 0 Å². The maximum absolute atomic E-state index is 4.80. The number of thiazole rings is 1. The number of anilines is 1. The van der Waals surface area contributed by atoms with Gasteiger partial charge in [-0.1, -0.05) is 13.8 Å². The molecule has 1 aromatic heterocycles. The molecule has 1 N–H and O–H groups in total. The molecule has 0 fully saturated rings. The second kappa shape index (κ2) is 6.71. The predicted octanol–water partition coefficient (Wildman–Crippen LogP) is 3.83. The molecule has 19 heavy (non-hydrogen) atoms. The van der Waals surface area contributed by atoms with Gasteiger partial charge in [0, 0.05) is 30.1 Å². The molecule has 0 aromatic carbocycles. The summed E-state index contributed by atoms with van der Waals surface area (Å²) < 4.78 is 0. The molecule has 110 valence electrons. The summed E-state index contributed by atoms with van der Waals surface area (Å²) in [7, 11) is 2.15. The van der Waals surface area contributed by atoms with Crippen molar-refractivity contribution < 1.29 is 0 Å². The zero-order valence-electron chi connectivity index (χ0n) is 13.5. The lowest BCUT2D eigenvalue weighted by Gasteiger charge is -2.22. The average Bonchev–Trinajstić information content (AvgIpc) is 2.76. The molecule has 3 nitrogen and oxygen atoms in total. The van der Waals surface area contributed by atoms with Gasteiger partial charge in [-0.15, -0.1) is 11.3 Å². The van der Waals surface area contributed by atoms with Gasteiger partial charge in [-0.2, -0.15) is 0 Å². The summed E-state index contributed by atoms with van der Waals surface area (Å²) in [4.78, 5) is 8.48. The quantitative estimate of drug-likeness (QED) is 0.860. The Kier molecular flexibility index (Phi) is 5.81. The van der Waals surface area contributed by atoms with Gasteiger partial charge in [0.25, 0.3) is 0 Å².